The Morgan fingerprint density at radius 2 is 2.39 bits per heavy atom. The van der Waals surface area contributed by atoms with Crippen LogP contribution in [-0.4, -0.2) is 41.6 Å². The number of rotatable bonds is 3. The quantitative estimate of drug-likeness (QED) is 0.771. The molecule has 7 heteroatoms. The molecule has 0 radical (unpaired) electrons. The third-order valence-electron chi connectivity index (χ3n) is 2.88. The summed E-state index contributed by atoms with van der Waals surface area (Å²) in [6.45, 7) is 5.40. The molecule has 1 aromatic rings. The van der Waals surface area contributed by atoms with Crippen molar-refractivity contribution in [2.75, 3.05) is 30.3 Å². The highest BCUT2D eigenvalue weighted by atomic mass is 16.5. The Hall–Kier alpha value is -2.05. The van der Waals surface area contributed by atoms with Gasteiger partial charge in [-0.2, -0.15) is 4.98 Å². The number of amides is 1. The largest absolute Gasteiger partial charge is 0.476 e. The van der Waals surface area contributed by atoms with E-state index in [0.717, 1.165) is 0 Å². The van der Waals surface area contributed by atoms with E-state index in [2.05, 4.69) is 15.3 Å². The molecule has 1 atom stereocenters. The van der Waals surface area contributed by atoms with E-state index in [1.807, 2.05) is 18.7 Å². The van der Waals surface area contributed by atoms with Crippen LogP contribution in [0, 0.1) is 0 Å². The number of nitrogen functional groups attached to an aromatic ring is 1. The van der Waals surface area contributed by atoms with Crippen LogP contribution < -0.4 is 20.7 Å². The third-order valence-corrected chi connectivity index (χ3v) is 2.88. The van der Waals surface area contributed by atoms with Crippen molar-refractivity contribution in [3.63, 3.8) is 0 Å². The Balaban J connectivity index is 2.32. The first-order valence-corrected chi connectivity index (χ1v) is 5.92. The number of nitrogens with zero attached hydrogens (tertiary/aromatic N) is 3. The average molecular weight is 251 g/mol. The molecule has 3 N–H and O–H groups in total. The Morgan fingerprint density at radius 3 is 3.11 bits per heavy atom. The molecule has 0 bridgehead atoms. The van der Waals surface area contributed by atoms with Gasteiger partial charge in [0.25, 0.3) is 0 Å². The number of carbonyl (C=O) groups excluding carboxylic acids is 1. The summed E-state index contributed by atoms with van der Waals surface area (Å²) < 4.78 is 5.33. The normalized spacial score (nSPS) is 19.6. The maximum atomic E-state index is 11.6. The number of ether oxygens (including phenoxy) is 1. The van der Waals surface area contributed by atoms with Crippen molar-refractivity contribution in [2.45, 2.75) is 19.9 Å². The van der Waals surface area contributed by atoms with Crippen molar-refractivity contribution >= 4 is 17.4 Å². The van der Waals surface area contributed by atoms with Gasteiger partial charge in [-0.25, -0.2) is 4.98 Å². The van der Waals surface area contributed by atoms with Crippen LogP contribution in [0.1, 0.15) is 13.8 Å². The van der Waals surface area contributed by atoms with Gasteiger partial charge in [-0.1, -0.05) is 0 Å². The molecule has 1 fully saturated rings. The number of nitrogens with two attached hydrogens (primary N) is 1. The summed E-state index contributed by atoms with van der Waals surface area (Å²) in [5, 5.41) is 2.79. The first-order valence-electron chi connectivity index (χ1n) is 5.92. The molecule has 98 valence electrons. The lowest BCUT2D eigenvalue weighted by atomic mass is 10.2. The molecule has 0 saturated carbocycles. The number of hydrogen-bond donors (Lipinski definition) is 2. The Kier molecular flexibility index (Phi) is 3.50. The van der Waals surface area contributed by atoms with E-state index < -0.39 is 0 Å². The monoisotopic (exact) mass is 251 g/mol. The number of anilines is 2. The molecule has 1 aromatic heterocycles. The van der Waals surface area contributed by atoms with Gasteiger partial charge in [0.05, 0.1) is 6.61 Å². The predicted molar refractivity (Wildman–Crippen MR) is 67.4 cm³/mol. The topological polar surface area (TPSA) is 93.4 Å². The van der Waals surface area contributed by atoms with Crippen LogP contribution in [0.5, 0.6) is 5.88 Å². The van der Waals surface area contributed by atoms with Gasteiger partial charge in [0.15, 0.2) is 5.82 Å². The Bertz CT molecular complexity index is 451. The average Bonchev–Trinajstić information content (AvgIpc) is 2.36. The molecule has 1 aliphatic rings. The van der Waals surface area contributed by atoms with Gasteiger partial charge in [-0.05, 0) is 13.8 Å². The zero-order valence-electron chi connectivity index (χ0n) is 10.5. The van der Waals surface area contributed by atoms with Gasteiger partial charge < -0.3 is 20.7 Å². The highest BCUT2D eigenvalue weighted by Gasteiger charge is 2.28. The standard InChI is InChI=1S/C11H17N5O2/c1-3-18-11-8(12)9(14-6-15-11)16-5-4-13-10(17)7(16)2/h6-7H,3-5,12H2,1-2H3,(H,13,17). The summed E-state index contributed by atoms with van der Waals surface area (Å²) in [5.41, 5.74) is 6.36. The van der Waals surface area contributed by atoms with E-state index in [0.29, 0.717) is 37.1 Å². The molecular formula is C11H17N5O2. The van der Waals surface area contributed by atoms with E-state index in [1.165, 1.54) is 6.33 Å². The molecule has 18 heavy (non-hydrogen) atoms. The Labute approximate surface area is 105 Å². The van der Waals surface area contributed by atoms with Gasteiger partial charge in [0.2, 0.25) is 11.8 Å². The summed E-state index contributed by atoms with van der Waals surface area (Å²) in [6.07, 6.45) is 1.40. The molecule has 2 rings (SSSR count). The summed E-state index contributed by atoms with van der Waals surface area (Å²) in [4.78, 5) is 21.6. The Morgan fingerprint density at radius 1 is 1.61 bits per heavy atom. The lowest BCUT2D eigenvalue weighted by molar-refractivity contribution is -0.122. The predicted octanol–water partition coefficient (Wildman–Crippen LogP) is -0.218. The molecule has 0 aromatic carbocycles. The molecule has 1 aliphatic heterocycles. The summed E-state index contributed by atoms with van der Waals surface area (Å²) in [6, 6.07) is -0.301. The lowest BCUT2D eigenvalue weighted by Crippen LogP contribution is -2.54. The van der Waals surface area contributed by atoms with Gasteiger partial charge >= 0.3 is 0 Å². The third kappa shape index (κ3) is 2.15. The highest BCUT2D eigenvalue weighted by Crippen LogP contribution is 2.29. The smallest absolute Gasteiger partial charge is 0.242 e. The minimum Gasteiger partial charge on any atom is -0.476 e. The van der Waals surface area contributed by atoms with Crippen molar-refractivity contribution in [2.24, 2.45) is 0 Å². The fourth-order valence-corrected chi connectivity index (χ4v) is 1.92. The fourth-order valence-electron chi connectivity index (χ4n) is 1.92. The van der Waals surface area contributed by atoms with Crippen LogP contribution in [-0.2, 0) is 4.79 Å². The first-order chi connectivity index (χ1) is 8.65. The molecular weight excluding hydrogens is 234 g/mol. The van der Waals surface area contributed by atoms with Gasteiger partial charge in [0, 0.05) is 13.1 Å². The van der Waals surface area contributed by atoms with E-state index >= 15 is 0 Å². The van der Waals surface area contributed by atoms with Crippen LogP contribution >= 0.6 is 0 Å². The maximum absolute atomic E-state index is 11.6. The molecule has 1 unspecified atom stereocenters. The van der Waals surface area contributed by atoms with Gasteiger partial charge in [-0.15, -0.1) is 0 Å². The summed E-state index contributed by atoms with van der Waals surface area (Å²) >= 11 is 0. The maximum Gasteiger partial charge on any atom is 0.242 e. The van der Waals surface area contributed by atoms with E-state index in [4.69, 9.17) is 10.5 Å². The van der Waals surface area contributed by atoms with Crippen molar-refractivity contribution < 1.29 is 9.53 Å². The summed E-state index contributed by atoms with van der Waals surface area (Å²) in [7, 11) is 0. The van der Waals surface area contributed by atoms with Crippen molar-refractivity contribution in [3.05, 3.63) is 6.33 Å². The van der Waals surface area contributed by atoms with Crippen molar-refractivity contribution in [1.29, 1.82) is 0 Å². The number of aromatic nitrogens is 2. The zero-order valence-corrected chi connectivity index (χ0v) is 10.5. The van der Waals surface area contributed by atoms with E-state index in [1.54, 1.807) is 0 Å². The van der Waals surface area contributed by atoms with Crippen molar-refractivity contribution in [3.8, 4) is 5.88 Å². The van der Waals surface area contributed by atoms with Crippen molar-refractivity contribution in [1.82, 2.24) is 15.3 Å². The zero-order chi connectivity index (χ0) is 13.1. The number of piperazine rings is 1. The summed E-state index contributed by atoms with van der Waals surface area (Å²) in [5.74, 6) is 0.883. The first kappa shape index (κ1) is 12.4. The second-order valence-corrected chi connectivity index (χ2v) is 4.01. The van der Waals surface area contributed by atoms with Gasteiger partial charge in [0.1, 0.15) is 18.1 Å². The lowest BCUT2D eigenvalue weighted by Gasteiger charge is -2.34. The van der Waals surface area contributed by atoms with E-state index in [-0.39, 0.29) is 11.9 Å². The molecule has 7 nitrogen and oxygen atoms in total. The fraction of sp³-hybridized carbons (Fsp3) is 0.545. The van der Waals surface area contributed by atoms with Crippen LogP contribution in [0.4, 0.5) is 11.5 Å². The molecule has 1 amide bonds. The second kappa shape index (κ2) is 5.07. The minimum atomic E-state index is -0.301. The number of hydrogen-bond acceptors (Lipinski definition) is 6. The minimum absolute atomic E-state index is 0.0303. The van der Waals surface area contributed by atoms with Gasteiger partial charge in [-0.3, -0.25) is 4.79 Å². The highest BCUT2D eigenvalue weighted by molar-refractivity contribution is 5.87. The molecule has 2 heterocycles. The molecule has 1 saturated heterocycles. The molecule has 0 aliphatic carbocycles. The number of carbonyl (C=O) groups is 1. The SMILES string of the molecule is CCOc1ncnc(N2CCNC(=O)C2C)c1N. The van der Waals surface area contributed by atoms with E-state index in [9.17, 15) is 4.79 Å². The number of nitrogens with one attached hydrogen (secondary N) is 1. The molecule has 0 spiro atoms. The van der Waals surface area contributed by atoms with Crippen LogP contribution in [0.3, 0.4) is 0 Å². The second-order valence-electron chi connectivity index (χ2n) is 4.01. The van der Waals surface area contributed by atoms with Crippen LogP contribution in [0.2, 0.25) is 0 Å². The van der Waals surface area contributed by atoms with Crippen LogP contribution in [0.15, 0.2) is 6.33 Å². The van der Waals surface area contributed by atoms with Crippen LogP contribution in [0.25, 0.3) is 0 Å².